The van der Waals surface area contributed by atoms with Crippen molar-refractivity contribution in [3.63, 3.8) is 0 Å². The highest BCUT2D eigenvalue weighted by molar-refractivity contribution is 4.84. The van der Waals surface area contributed by atoms with Gasteiger partial charge in [0, 0.05) is 5.54 Å². The van der Waals surface area contributed by atoms with E-state index in [4.69, 9.17) is 5.73 Å². The van der Waals surface area contributed by atoms with Crippen LogP contribution in [0.3, 0.4) is 0 Å². The molecule has 0 saturated carbocycles. The molecule has 0 aliphatic carbocycles. The molecule has 116 valence electrons. The van der Waals surface area contributed by atoms with E-state index in [9.17, 15) is 0 Å². The number of nitrogens with two attached hydrogens (primary N) is 1. The van der Waals surface area contributed by atoms with Gasteiger partial charge in [-0.25, -0.2) is 0 Å². The van der Waals surface area contributed by atoms with Crippen LogP contribution in [0.4, 0.5) is 0 Å². The molecule has 0 aliphatic rings. The third-order valence-corrected chi connectivity index (χ3v) is 4.62. The summed E-state index contributed by atoms with van der Waals surface area (Å²) in [7, 11) is 0. The number of rotatable bonds is 12. The first-order chi connectivity index (χ1) is 8.95. The summed E-state index contributed by atoms with van der Waals surface area (Å²) in [6.45, 7) is 11.4. The Morgan fingerprint density at radius 2 is 1.47 bits per heavy atom. The fraction of sp³-hybridized carbons (Fsp3) is 1.00. The minimum Gasteiger partial charge on any atom is -0.325 e. The van der Waals surface area contributed by atoms with Crippen molar-refractivity contribution in [3.05, 3.63) is 0 Å². The van der Waals surface area contributed by atoms with Gasteiger partial charge in [0.25, 0.3) is 0 Å². The second-order valence-corrected chi connectivity index (χ2v) is 7.02. The van der Waals surface area contributed by atoms with E-state index in [-0.39, 0.29) is 5.54 Å². The molecule has 0 aliphatic heterocycles. The molecular formula is C18H39N. The predicted octanol–water partition coefficient (Wildman–Crippen LogP) is 5.92. The van der Waals surface area contributed by atoms with Gasteiger partial charge >= 0.3 is 0 Å². The quantitative estimate of drug-likeness (QED) is 0.437. The lowest BCUT2D eigenvalue weighted by Gasteiger charge is -2.33. The van der Waals surface area contributed by atoms with Gasteiger partial charge in [0.15, 0.2) is 0 Å². The Hall–Kier alpha value is -0.0400. The monoisotopic (exact) mass is 269 g/mol. The van der Waals surface area contributed by atoms with Crippen LogP contribution in [0.1, 0.15) is 98.8 Å². The maximum absolute atomic E-state index is 6.43. The number of hydrogen-bond acceptors (Lipinski definition) is 1. The van der Waals surface area contributed by atoms with Crippen LogP contribution in [0, 0.1) is 11.8 Å². The minimum atomic E-state index is -0.00809. The zero-order valence-electron chi connectivity index (χ0n) is 14.3. The van der Waals surface area contributed by atoms with Crippen molar-refractivity contribution >= 4 is 0 Å². The SMILES string of the molecule is CCCCCCC(CC(CC)CCCC)C(C)(C)N. The molecule has 2 unspecified atom stereocenters. The first kappa shape index (κ1) is 19.0. The number of unbranched alkanes of at least 4 members (excludes halogenated alkanes) is 4. The van der Waals surface area contributed by atoms with Gasteiger partial charge < -0.3 is 5.73 Å². The van der Waals surface area contributed by atoms with Gasteiger partial charge in [-0.2, -0.15) is 0 Å². The van der Waals surface area contributed by atoms with Crippen LogP contribution in [-0.2, 0) is 0 Å². The normalized spacial score (nSPS) is 15.5. The molecular weight excluding hydrogens is 230 g/mol. The Morgan fingerprint density at radius 3 is 1.95 bits per heavy atom. The van der Waals surface area contributed by atoms with Crippen LogP contribution in [-0.4, -0.2) is 5.54 Å². The molecule has 0 fully saturated rings. The lowest BCUT2D eigenvalue weighted by atomic mass is 9.76. The zero-order valence-corrected chi connectivity index (χ0v) is 14.3. The summed E-state index contributed by atoms with van der Waals surface area (Å²) in [5.41, 5.74) is 6.42. The maximum atomic E-state index is 6.43. The second kappa shape index (κ2) is 10.7. The van der Waals surface area contributed by atoms with Gasteiger partial charge in [0.1, 0.15) is 0 Å². The Kier molecular flexibility index (Phi) is 10.7. The fourth-order valence-electron chi connectivity index (χ4n) is 2.99. The molecule has 0 aromatic carbocycles. The summed E-state index contributed by atoms with van der Waals surface area (Å²) >= 11 is 0. The van der Waals surface area contributed by atoms with E-state index in [1.54, 1.807) is 0 Å². The molecule has 2 N–H and O–H groups in total. The highest BCUT2D eigenvalue weighted by atomic mass is 14.7. The zero-order chi connectivity index (χ0) is 14.7. The molecule has 0 bridgehead atoms. The largest absolute Gasteiger partial charge is 0.325 e. The van der Waals surface area contributed by atoms with Crippen LogP contribution < -0.4 is 5.73 Å². The molecule has 0 heterocycles. The number of hydrogen-bond donors (Lipinski definition) is 1. The molecule has 0 rings (SSSR count). The maximum Gasteiger partial charge on any atom is 0.0125 e. The summed E-state index contributed by atoms with van der Waals surface area (Å²) in [6, 6.07) is 0. The first-order valence-corrected chi connectivity index (χ1v) is 8.74. The summed E-state index contributed by atoms with van der Waals surface area (Å²) in [5.74, 6) is 1.59. The van der Waals surface area contributed by atoms with Gasteiger partial charge in [0.2, 0.25) is 0 Å². The topological polar surface area (TPSA) is 26.0 Å². The lowest BCUT2D eigenvalue weighted by molar-refractivity contribution is 0.225. The van der Waals surface area contributed by atoms with E-state index >= 15 is 0 Å². The molecule has 0 radical (unpaired) electrons. The van der Waals surface area contributed by atoms with Crippen LogP contribution >= 0.6 is 0 Å². The molecule has 2 atom stereocenters. The average molecular weight is 270 g/mol. The van der Waals surface area contributed by atoms with Gasteiger partial charge in [-0.1, -0.05) is 72.1 Å². The summed E-state index contributed by atoms with van der Waals surface area (Å²) < 4.78 is 0. The van der Waals surface area contributed by atoms with E-state index in [0.29, 0.717) is 5.92 Å². The molecule has 0 aromatic heterocycles. The van der Waals surface area contributed by atoms with Crippen molar-refractivity contribution in [2.75, 3.05) is 0 Å². The van der Waals surface area contributed by atoms with Gasteiger partial charge in [-0.3, -0.25) is 0 Å². The summed E-state index contributed by atoms with van der Waals surface area (Å²) in [5, 5.41) is 0. The van der Waals surface area contributed by atoms with Gasteiger partial charge in [-0.05, 0) is 38.5 Å². The van der Waals surface area contributed by atoms with Crippen LogP contribution in [0.25, 0.3) is 0 Å². The Balaban J connectivity index is 4.24. The Bertz CT molecular complexity index is 192. The highest BCUT2D eigenvalue weighted by Gasteiger charge is 2.26. The minimum absolute atomic E-state index is 0.00809. The third kappa shape index (κ3) is 9.49. The van der Waals surface area contributed by atoms with Gasteiger partial charge in [-0.15, -0.1) is 0 Å². The van der Waals surface area contributed by atoms with Crippen molar-refractivity contribution in [1.82, 2.24) is 0 Å². The first-order valence-electron chi connectivity index (χ1n) is 8.74. The summed E-state index contributed by atoms with van der Waals surface area (Å²) in [6.07, 6.45) is 13.5. The third-order valence-electron chi connectivity index (χ3n) is 4.62. The van der Waals surface area contributed by atoms with E-state index < -0.39 is 0 Å². The van der Waals surface area contributed by atoms with Crippen LogP contribution in [0.2, 0.25) is 0 Å². The van der Waals surface area contributed by atoms with Crippen molar-refractivity contribution < 1.29 is 0 Å². The lowest BCUT2D eigenvalue weighted by Crippen LogP contribution is -2.41. The van der Waals surface area contributed by atoms with E-state index in [2.05, 4.69) is 34.6 Å². The van der Waals surface area contributed by atoms with Crippen molar-refractivity contribution in [1.29, 1.82) is 0 Å². The highest BCUT2D eigenvalue weighted by Crippen LogP contribution is 2.31. The molecule has 1 nitrogen and oxygen atoms in total. The van der Waals surface area contributed by atoms with Gasteiger partial charge in [0.05, 0.1) is 0 Å². The Morgan fingerprint density at radius 1 is 0.842 bits per heavy atom. The Labute approximate surface area is 122 Å². The van der Waals surface area contributed by atoms with Crippen molar-refractivity contribution in [3.8, 4) is 0 Å². The molecule has 0 spiro atoms. The van der Waals surface area contributed by atoms with E-state index in [1.165, 1.54) is 64.2 Å². The second-order valence-electron chi connectivity index (χ2n) is 7.02. The average Bonchev–Trinajstić information content (AvgIpc) is 2.35. The molecule has 0 saturated heterocycles. The van der Waals surface area contributed by atoms with E-state index in [0.717, 1.165) is 5.92 Å². The van der Waals surface area contributed by atoms with Crippen molar-refractivity contribution in [2.45, 2.75) is 104 Å². The molecule has 0 aromatic rings. The fourth-order valence-corrected chi connectivity index (χ4v) is 2.99. The van der Waals surface area contributed by atoms with Crippen molar-refractivity contribution in [2.24, 2.45) is 17.6 Å². The molecule has 0 amide bonds. The molecule has 19 heavy (non-hydrogen) atoms. The predicted molar refractivity (Wildman–Crippen MR) is 88.4 cm³/mol. The van der Waals surface area contributed by atoms with Crippen LogP contribution in [0.15, 0.2) is 0 Å². The van der Waals surface area contributed by atoms with E-state index in [1.807, 2.05) is 0 Å². The standard InChI is InChI=1S/C18H39N/c1-6-9-11-12-14-17(18(4,5)19)15-16(8-3)13-10-7-2/h16-17H,6-15,19H2,1-5H3. The summed E-state index contributed by atoms with van der Waals surface area (Å²) in [4.78, 5) is 0. The smallest absolute Gasteiger partial charge is 0.0125 e. The van der Waals surface area contributed by atoms with Crippen LogP contribution in [0.5, 0.6) is 0 Å². The molecule has 1 heteroatoms.